The molecule has 0 aliphatic carbocycles. The fourth-order valence-corrected chi connectivity index (χ4v) is 2.32. The molecule has 0 unspecified atom stereocenters. The van der Waals surface area contributed by atoms with E-state index in [1.807, 2.05) is 33.9 Å². The molecule has 2 aromatic heterocycles. The average molecular weight is 367 g/mol. The zero-order valence-electron chi connectivity index (χ0n) is 13.1. The monoisotopic (exact) mass is 366 g/mol. The summed E-state index contributed by atoms with van der Waals surface area (Å²) >= 11 is 3.47. The maximum absolute atomic E-state index is 11.7. The number of rotatable bonds is 3. The van der Waals surface area contributed by atoms with E-state index < -0.39 is 11.7 Å². The SMILES string of the molecule is CCc1nn(-c2ccc(NC(=O)OC(C)(C)C)cn2)cc1Br. The van der Waals surface area contributed by atoms with Crippen LogP contribution < -0.4 is 5.32 Å². The number of hydrogen-bond acceptors (Lipinski definition) is 4. The standard InChI is InChI=1S/C15H19BrN4O2/c1-5-12-11(16)9-20(19-12)13-7-6-10(8-17-13)18-14(21)22-15(2,3)4/h6-9H,5H2,1-4H3,(H,18,21). The minimum absolute atomic E-state index is 0.503. The first-order valence-corrected chi connectivity index (χ1v) is 7.78. The van der Waals surface area contributed by atoms with E-state index in [2.05, 4.69) is 31.3 Å². The number of carbonyl (C=O) groups is 1. The normalized spacial score (nSPS) is 11.3. The van der Waals surface area contributed by atoms with E-state index in [0.29, 0.717) is 11.5 Å². The van der Waals surface area contributed by atoms with Crippen molar-refractivity contribution in [1.82, 2.24) is 14.8 Å². The van der Waals surface area contributed by atoms with Crippen molar-refractivity contribution >= 4 is 27.7 Å². The number of anilines is 1. The lowest BCUT2D eigenvalue weighted by molar-refractivity contribution is 0.0636. The smallest absolute Gasteiger partial charge is 0.412 e. The van der Waals surface area contributed by atoms with Crippen molar-refractivity contribution in [3.05, 3.63) is 34.7 Å². The molecule has 0 atom stereocenters. The van der Waals surface area contributed by atoms with Gasteiger partial charge in [0.2, 0.25) is 0 Å². The van der Waals surface area contributed by atoms with Crippen molar-refractivity contribution in [3.8, 4) is 5.82 Å². The van der Waals surface area contributed by atoms with Crippen molar-refractivity contribution in [3.63, 3.8) is 0 Å². The molecule has 0 aliphatic rings. The highest BCUT2D eigenvalue weighted by Gasteiger charge is 2.16. The predicted octanol–water partition coefficient (Wildman–Crippen LogP) is 3.94. The molecular weight excluding hydrogens is 348 g/mol. The molecule has 0 spiro atoms. The minimum atomic E-state index is -0.532. The molecule has 7 heteroatoms. The third-order valence-electron chi connectivity index (χ3n) is 2.70. The lowest BCUT2D eigenvalue weighted by Crippen LogP contribution is -2.27. The Morgan fingerprint density at radius 3 is 2.64 bits per heavy atom. The molecule has 0 saturated heterocycles. The Morgan fingerprint density at radius 1 is 1.41 bits per heavy atom. The quantitative estimate of drug-likeness (QED) is 0.892. The second kappa shape index (κ2) is 6.48. The summed E-state index contributed by atoms with van der Waals surface area (Å²) in [6.07, 6.45) is 3.77. The summed E-state index contributed by atoms with van der Waals surface area (Å²) in [4.78, 5) is 16.0. The fraction of sp³-hybridized carbons (Fsp3) is 0.400. The number of amides is 1. The number of nitrogens with zero attached hydrogens (tertiary/aromatic N) is 3. The Morgan fingerprint density at radius 2 is 2.14 bits per heavy atom. The van der Waals surface area contributed by atoms with Gasteiger partial charge in [-0.25, -0.2) is 14.5 Å². The molecule has 0 radical (unpaired) electrons. The molecule has 1 amide bonds. The summed E-state index contributed by atoms with van der Waals surface area (Å²) < 4.78 is 7.83. The number of nitrogens with one attached hydrogen (secondary N) is 1. The Hall–Kier alpha value is -1.89. The molecule has 0 aliphatic heterocycles. The number of hydrogen-bond donors (Lipinski definition) is 1. The molecule has 0 bridgehead atoms. The van der Waals surface area contributed by atoms with Gasteiger partial charge in [-0.2, -0.15) is 5.10 Å². The summed E-state index contributed by atoms with van der Waals surface area (Å²) in [6.45, 7) is 7.48. The highest BCUT2D eigenvalue weighted by molar-refractivity contribution is 9.10. The highest BCUT2D eigenvalue weighted by Crippen LogP contribution is 2.18. The number of aryl methyl sites for hydroxylation is 1. The minimum Gasteiger partial charge on any atom is -0.444 e. The van der Waals surface area contributed by atoms with Crippen LogP contribution in [0.25, 0.3) is 5.82 Å². The number of halogens is 1. The summed E-state index contributed by atoms with van der Waals surface area (Å²) in [5, 5.41) is 7.08. The van der Waals surface area contributed by atoms with Gasteiger partial charge in [0, 0.05) is 6.20 Å². The molecule has 22 heavy (non-hydrogen) atoms. The second-order valence-corrected chi connectivity index (χ2v) is 6.61. The first-order chi connectivity index (χ1) is 10.3. The van der Waals surface area contributed by atoms with E-state index in [4.69, 9.17) is 4.74 Å². The molecule has 1 N–H and O–H groups in total. The van der Waals surface area contributed by atoms with Crippen LogP contribution in [0, 0.1) is 0 Å². The van der Waals surface area contributed by atoms with Crippen LogP contribution in [0.4, 0.5) is 10.5 Å². The van der Waals surface area contributed by atoms with Crippen LogP contribution in [0.3, 0.4) is 0 Å². The van der Waals surface area contributed by atoms with Crippen LogP contribution in [-0.2, 0) is 11.2 Å². The van der Waals surface area contributed by atoms with Crippen LogP contribution in [-0.4, -0.2) is 26.5 Å². The van der Waals surface area contributed by atoms with Gasteiger partial charge in [-0.3, -0.25) is 5.32 Å². The molecule has 6 nitrogen and oxygen atoms in total. The van der Waals surface area contributed by atoms with Gasteiger partial charge >= 0.3 is 6.09 Å². The molecule has 0 fully saturated rings. The van der Waals surface area contributed by atoms with Gasteiger partial charge in [0.25, 0.3) is 0 Å². The molecule has 0 aromatic carbocycles. The van der Waals surface area contributed by atoms with Crippen molar-refractivity contribution in [2.75, 3.05) is 5.32 Å². The van der Waals surface area contributed by atoms with Crippen LogP contribution in [0.5, 0.6) is 0 Å². The highest BCUT2D eigenvalue weighted by atomic mass is 79.9. The maximum atomic E-state index is 11.7. The average Bonchev–Trinajstić information content (AvgIpc) is 2.78. The van der Waals surface area contributed by atoms with E-state index in [1.165, 1.54) is 0 Å². The van der Waals surface area contributed by atoms with E-state index >= 15 is 0 Å². The fourth-order valence-electron chi connectivity index (χ4n) is 1.76. The number of carbonyl (C=O) groups excluding carboxylic acids is 1. The Bertz CT molecular complexity index is 659. The Balaban J connectivity index is 2.08. The molecule has 2 heterocycles. The van der Waals surface area contributed by atoms with Gasteiger partial charge < -0.3 is 4.74 Å². The molecule has 0 saturated carbocycles. The third kappa shape index (κ3) is 4.30. The van der Waals surface area contributed by atoms with Crippen LogP contribution in [0.1, 0.15) is 33.4 Å². The Labute approximate surface area is 138 Å². The Kier molecular flexibility index (Phi) is 4.85. The van der Waals surface area contributed by atoms with Gasteiger partial charge in [-0.1, -0.05) is 6.92 Å². The van der Waals surface area contributed by atoms with Gasteiger partial charge in [0.05, 0.1) is 22.1 Å². The maximum Gasteiger partial charge on any atom is 0.412 e. The summed E-state index contributed by atoms with van der Waals surface area (Å²) in [7, 11) is 0. The van der Waals surface area contributed by atoms with Gasteiger partial charge in [-0.05, 0) is 55.3 Å². The second-order valence-electron chi connectivity index (χ2n) is 5.75. The van der Waals surface area contributed by atoms with E-state index in [1.54, 1.807) is 23.0 Å². The van der Waals surface area contributed by atoms with Crippen LogP contribution >= 0.6 is 15.9 Å². The van der Waals surface area contributed by atoms with E-state index in [0.717, 1.165) is 16.6 Å². The van der Waals surface area contributed by atoms with Gasteiger partial charge in [-0.15, -0.1) is 0 Å². The molecule has 2 rings (SSSR count). The van der Waals surface area contributed by atoms with Gasteiger partial charge in [0.1, 0.15) is 5.60 Å². The van der Waals surface area contributed by atoms with Crippen LogP contribution in [0.2, 0.25) is 0 Å². The van der Waals surface area contributed by atoms with Gasteiger partial charge in [0.15, 0.2) is 5.82 Å². The van der Waals surface area contributed by atoms with Crippen LogP contribution in [0.15, 0.2) is 29.0 Å². The molecular formula is C15H19BrN4O2. The summed E-state index contributed by atoms with van der Waals surface area (Å²) in [5.74, 6) is 0.676. The zero-order valence-corrected chi connectivity index (χ0v) is 14.6. The largest absolute Gasteiger partial charge is 0.444 e. The summed E-state index contributed by atoms with van der Waals surface area (Å²) in [5.41, 5.74) is 1.01. The van der Waals surface area contributed by atoms with E-state index in [-0.39, 0.29) is 0 Å². The predicted molar refractivity (Wildman–Crippen MR) is 88.3 cm³/mol. The first kappa shape index (κ1) is 16.5. The zero-order chi connectivity index (χ0) is 16.3. The topological polar surface area (TPSA) is 69.0 Å². The lowest BCUT2D eigenvalue weighted by Gasteiger charge is -2.19. The molecule has 118 valence electrons. The number of ether oxygens (including phenoxy) is 1. The summed E-state index contributed by atoms with van der Waals surface area (Å²) in [6, 6.07) is 3.54. The number of pyridine rings is 1. The lowest BCUT2D eigenvalue weighted by atomic mass is 10.2. The third-order valence-corrected chi connectivity index (χ3v) is 3.36. The van der Waals surface area contributed by atoms with Crippen molar-refractivity contribution in [2.45, 2.75) is 39.7 Å². The van der Waals surface area contributed by atoms with Crippen molar-refractivity contribution in [1.29, 1.82) is 0 Å². The van der Waals surface area contributed by atoms with E-state index in [9.17, 15) is 4.79 Å². The molecule has 2 aromatic rings. The number of aromatic nitrogens is 3. The van der Waals surface area contributed by atoms with Crippen molar-refractivity contribution in [2.24, 2.45) is 0 Å². The first-order valence-electron chi connectivity index (χ1n) is 6.99. The van der Waals surface area contributed by atoms with Crippen molar-refractivity contribution < 1.29 is 9.53 Å².